The number of rotatable bonds is 28. The van der Waals surface area contributed by atoms with Crippen LogP contribution in [0.15, 0.2) is 0 Å². The molecular formula is C59H98N4O43. The second-order valence-electron chi connectivity index (χ2n) is 26.9. The Hall–Kier alpha value is -4.13. The fourth-order valence-corrected chi connectivity index (χ4v) is 13.5. The quantitative estimate of drug-likeness (QED) is 0.0346. The lowest BCUT2D eigenvalue weighted by atomic mass is 9.87. The van der Waals surface area contributed by atoms with Gasteiger partial charge in [-0.3, -0.25) is 19.2 Å². The number of amides is 4. The minimum Gasteiger partial charge on any atom is -0.477 e. The molecule has 8 fully saturated rings. The molecule has 27 N–H and O–H groups in total. The molecule has 47 heteroatoms. The maximum absolute atomic E-state index is 13.2. The molecule has 612 valence electrons. The molecule has 47 nitrogen and oxygen atoms in total. The molecule has 0 spiro atoms. The number of hydrogen-bond donors (Lipinski definition) is 27. The van der Waals surface area contributed by atoms with Gasteiger partial charge in [0, 0.05) is 34.1 Å². The van der Waals surface area contributed by atoms with Gasteiger partial charge in [-0.2, -0.15) is 0 Å². The van der Waals surface area contributed by atoms with Crippen LogP contribution in [0.5, 0.6) is 0 Å². The summed E-state index contributed by atoms with van der Waals surface area (Å²) in [5.74, 6) is -8.51. The van der Waals surface area contributed by atoms with Crippen molar-refractivity contribution in [2.75, 3.05) is 46.2 Å². The highest BCUT2D eigenvalue weighted by molar-refractivity contribution is 5.77. The van der Waals surface area contributed by atoms with Gasteiger partial charge in [-0.25, -0.2) is 4.79 Å². The third-order valence-corrected chi connectivity index (χ3v) is 19.1. The second kappa shape index (κ2) is 37.5. The molecule has 0 bridgehead atoms. The first-order valence-corrected chi connectivity index (χ1v) is 33.6. The summed E-state index contributed by atoms with van der Waals surface area (Å²) in [5.41, 5.74) is 0. The van der Waals surface area contributed by atoms with Crippen molar-refractivity contribution in [2.24, 2.45) is 0 Å². The number of hydrogen-bond acceptors (Lipinski definition) is 42. The summed E-state index contributed by atoms with van der Waals surface area (Å²) in [6, 6.07) is -7.06. The van der Waals surface area contributed by atoms with Crippen molar-refractivity contribution >= 4 is 29.6 Å². The molecule has 4 amide bonds. The first-order valence-electron chi connectivity index (χ1n) is 33.6. The van der Waals surface area contributed by atoms with Gasteiger partial charge in [0.2, 0.25) is 23.6 Å². The van der Waals surface area contributed by atoms with Crippen molar-refractivity contribution < 1.29 is 212 Å². The molecule has 0 unspecified atom stereocenters. The summed E-state index contributed by atoms with van der Waals surface area (Å²) < 4.78 is 87.2. The molecule has 0 aromatic carbocycles. The van der Waals surface area contributed by atoms with E-state index in [0.29, 0.717) is 0 Å². The van der Waals surface area contributed by atoms with E-state index in [9.17, 15) is 141 Å². The van der Waals surface area contributed by atoms with Gasteiger partial charge < -0.3 is 210 Å². The minimum absolute atomic E-state index is 0.773. The lowest BCUT2D eigenvalue weighted by Gasteiger charge is -2.51. The van der Waals surface area contributed by atoms with Crippen LogP contribution < -0.4 is 21.3 Å². The molecule has 0 aromatic heterocycles. The molecule has 8 saturated heterocycles. The Morgan fingerprint density at radius 2 is 0.736 bits per heavy atom. The molecule has 41 atom stereocenters. The zero-order valence-corrected chi connectivity index (χ0v) is 57.2. The Balaban J connectivity index is 1.11. The van der Waals surface area contributed by atoms with Gasteiger partial charge in [-0.15, -0.1) is 0 Å². The Morgan fingerprint density at radius 1 is 0.396 bits per heavy atom. The topological polar surface area (TPSA) is 737 Å². The van der Waals surface area contributed by atoms with Crippen LogP contribution in [0.1, 0.15) is 41.0 Å². The number of carbonyl (C=O) groups excluding carboxylic acids is 4. The largest absolute Gasteiger partial charge is 0.477 e. The van der Waals surface area contributed by atoms with Gasteiger partial charge in [-0.1, -0.05) is 0 Å². The lowest BCUT2D eigenvalue weighted by Crippen LogP contribution is -2.71. The number of nitrogens with one attached hydrogen (secondary N) is 4. The van der Waals surface area contributed by atoms with Gasteiger partial charge in [0.15, 0.2) is 44.0 Å². The normalized spacial score (nSPS) is 47.2. The van der Waals surface area contributed by atoms with Gasteiger partial charge >= 0.3 is 5.97 Å². The highest BCUT2D eigenvalue weighted by Crippen LogP contribution is 2.39. The molecule has 8 rings (SSSR count). The average Bonchev–Trinajstić information content (AvgIpc) is 0.746. The van der Waals surface area contributed by atoms with Gasteiger partial charge in [0.1, 0.15) is 177 Å². The van der Waals surface area contributed by atoms with Crippen LogP contribution in [0, 0.1) is 0 Å². The van der Waals surface area contributed by atoms with Crippen LogP contribution in [0.4, 0.5) is 0 Å². The Labute approximate surface area is 600 Å². The van der Waals surface area contributed by atoms with E-state index >= 15 is 0 Å². The van der Waals surface area contributed by atoms with Crippen molar-refractivity contribution in [1.82, 2.24) is 21.3 Å². The molecule has 0 aliphatic carbocycles. The van der Waals surface area contributed by atoms with Gasteiger partial charge in [-0.05, 0) is 6.92 Å². The smallest absolute Gasteiger partial charge is 0.364 e. The van der Waals surface area contributed by atoms with Gasteiger partial charge in [0.25, 0.3) is 5.79 Å². The molecular weight excluding hydrogens is 1450 g/mol. The summed E-state index contributed by atoms with van der Waals surface area (Å²) >= 11 is 0. The Kier molecular flexibility index (Phi) is 30.9. The predicted octanol–water partition coefficient (Wildman–Crippen LogP) is -17.6. The maximum Gasteiger partial charge on any atom is 0.364 e. The van der Waals surface area contributed by atoms with Crippen LogP contribution in [0.25, 0.3) is 0 Å². The van der Waals surface area contributed by atoms with Crippen molar-refractivity contribution in [3.63, 3.8) is 0 Å². The van der Waals surface area contributed by atoms with E-state index in [1.807, 2.05) is 0 Å². The SMILES string of the molecule is CC(=O)N[C@H]([C@@H]1O[C@](OC[C@H]2O[C@@H](OC[C@H]3O[C@@H](O[C@H]4[C@@H](O)[C@@H](CO)O[C@@H](O[C@@H]5[C@@H](O)[C@H](O)O[C@H](CO[C@@H]6O[C@H](CO)[C@@H](O)[C@H](O)[C@H]6O)[C@@H]5O)[C@@H]4NC(C)=O)[C@H](O)[C@@H](O[C@@H]4O[C@H](CO)[C@H](O)[C@H](O[C@@H]5O[C@H](CO)[C@H](O)[C@H](O)[C@H]5O)[C@H]4NC(C)=O)[C@H]3O)[C@H](O)[C@@H](O)[C@@H]2O)(C(=O)O)C[C@H](O)[C@@H]1NC(C)=O)[C@H](C)O. The third kappa shape index (κ3) is 19.5. The van der Waals surface area contributed by atoms with Crippen molar-refractivity contribution in [3.8, 4) is 0 Å². The lowest BCUT2D eigenvalue weighted by molar-refractivity contribution is -0.384. The van der Waals surface area contributed by atoms with Crippen LogP contribution in [-0.2, 0) is 95.0 Å². The van der Waals surface area contributed by atoms with E-state index in [2.05, 4.69) is 21.3 Å². The second-order valence-corrected chi connectivity index (χ2v) is 26.9. The van der Waals surface area contributed by atoms with E-state index < -0.39 is 333 Å². The Bertz CT molecular complexity index is 2830. The standard InChI is InChI=1S/C59H98N4O43/c1-14(68)27(60-15(2)69)46-28(61-16(3)70)19(73)6-59(106-46,58(90)91)94-13-26-33(76)40(83)42(85)55(100-26)93-12-25-37(80)50(105-53-29(62-17(4)71)47(34(77)22(9-66)97-53)102-56-43(86)39(82)32(75)21(8-65)99-56)45(88)57(101-25)103-48-30(63-18(5)72)52(96-23(10-67)35(48)78)104-49-36(79)24(95-51(89)44(49)87)11-92-54-41(84)38(81)31(74)20(7-64)98-54/h14,19-57,64-68,73-89H,6-13H2,1-5H3,(H,60,69)(H,61,70)(H,62,71)(H,63,72)(H,90,91)/t14-,19-,20+,21+,22+,23+,24+,25+,26+,27-,28-,29+,30+,31+,32-,33+,34-,35-,36-,37-,38-,39-,40-,41+,42+,43+,44+,45+,46-,47+,48+,49-,50-,51+,52-,53-,54+,55+,56-,57-,59-/m0/s1. The highest BCUT2D eigenvalue weighted by Gasteiger charge is 2.61. The van der Waals surface area contributed by atoms with Crippen molar-refractivity contribution in [2.45, 2.75) is 292 Å². The number of aliphatic carboxylic acids is 1. The first kappa shape index (κ1) is 87.4. The number of aliphatic hydroxyl groups is 22. The highest BCUT2D eigenvalue weighted by atomic mass is 16.8. The Morgan fingerprint density at radius 3 is 1.16 bits per heavy atom. The number of ether oxygens (including phenoxy) is 15. The first-order chi connectivity index (χ1) is 49.8. The number of carboxylic acid groups (broad SMARTS) is 1. The zero-order valence-electron chi connectivity index (χ0n) is 57.2. The third-order valence-electron chi connectivity index (χ3n) is 19.1. The molecule has 8 heterocycles. The average molecular weight is 1550 g/mol. The van der Waals surface area contributed by atoms with E-state index in [0.717, 1.165) is 34.6 Å². The van der Waals surface area contributed by atoms with Crippen molar-refractivity contribution in [3.05, 3.63) is 0 Å². The van der Waals surface area contributed by atoms with Crippen LogP contribution in [0.3, 0.4) is 0 Å². The van der Waals surface area contributed by atoms with Crippen molar-refractivity contribution in [1.29, 1.82) is 0 Å². The molecule has 0 aromatic rings. The van der Waals surface area contributed by atoms with Crippen LogP contribution >= 0.6 is 0 Å². The van der Waals surface area contributed by atoms with Crippen LogP contribution in [0.2, 0.25) is 0 Å². The summed E-state index contributed by atoms with van der Waals surface area (Å²) in [4.78, 5) is 64.1. The zero-order chi connectivity index (χ0) is 78.6. The maximum atomic E-state index is 13.2. The fraction of sp³-hybridized carbons (Fsp3) is 0.915. The minimum atomic E-state index is -3.00. The molecule has 0 radical (unpaired) electrons. The fourth-order valence-electron chi connectivity index (χ4n) is 13.5. The van der Waals surface area contributed by atoms with E-state index in [-0.39, 0.29) is 0 Å². The molecule has 106 heavy (non-hydrogen) atoms. The molecule has 0 saturated carbocycles. The number of aliphatic hydroxyl groups excluding tert-OH is 22. The predicted molar refractivity (Wildman–Crippen MR) is 327 cm³/mol. The number of carboxylic acids is 1. The summed E-state index contributed by atoms with van der Waals surface area (Å²) in [6.07, 6.45) is -75.8. The van der Waals surface area contributed by atoms with E-state index in [1.54, 1.807) is 0 Å². The molecule has 8 aliphatic heterocycles. The summed E-state index contributed by atoms with van der Waals surface area (Å²) in [7, 11) is 0. The van der Waals surface area contributed by atoms with E-state index in [4.69, 9.17) is 71.1 Å². The van der Waals surface area contributed by atoms with E-state index in [1.165, 1.54) is 0 Å². The molecule has 8 aliphatic rings. The van der Waals surface area contributed by atoms with Gasteiger partial charge in [0.05, 0.1) is 70.5 Å². The number of carbonyl (C=O) groups is 5. The van der Waals surface area contributed by atoms with Crippen LogP contribution in [-0.4, -0.2) is 444 Å². The summed E-state index contributed by atoms with van der Waals surface area (Å²) in [6.45, 7) is -2.40. The monoisotopic (exact) mass is 1550 g/mol. The summed E-state index contributed by atoms with van der Waals surface area (Å²) in [5, 5.41) is 263.